The van der Waals surface area contributed by atoms with Crippen molar-refractivity contribution in [2.75, 3.05) is 6.61 Å². The van der Waals surface area contributed by atoms with Gasteiger partial charge in [0.1, 0.15) is 5.75 Å². The lowest BCUT2D eigenvalue weighted by molar-refractivity contribution is 0.304. The van der Waals surface area contributed by atoms with Crippen molar-refractivity contribution < 1.29 is 4.74 Å². The largest absolute Gasteiger partial charge is 0.494 e. The molecule has 3 nitrogen and oxygen atoms in total. The van der Waals surface area contributed by atoms with Crippen molar-refractivity contribution in [2.24, 2.45) is 0 Å². The van der Waals surface area contributed by atoms with Gasteiger partial charge in [0.15, 0.2) is 4.98 Å². The summed E-state index contributed by atoms with van der Waals surface area (Å²) in [6, 6.07) is 7.12. The molecular formula is C14H21N2O+. The highest BCUT2D eigenvalue weighted by molar-refractivity contribution is 5.46. The fourth-order valence-corrected chi connectivity index (χ4v) is 1.68. The van der Waals surface area contributed by atoms with Crippen LogP contribution in [0.25, 0.3) is 4.98 Å². The molecule has 0 fully saturated rings. The van der Waals surface area contributed by atoms with Crippen molar-refractivity contribution >= 4 is 5.69 Å². The Bertz CT molecular complexity index is 340. The molecule has 0 unspecified atom stereocenters. The van der Waals surface area contributed by atoms with E-state index >= 15 is 0 Å². The van der Waals surface area contributed by atoms with Gasteiger partial charge in [-0.15, -0.1) is 0 Å². The van der Waals surface area contributed by atoms with Crippen LogP contribution in [0, 0.1) is 5.39 Å². The van der Waals surface area contributed by atoms with E-state index < -0.39 is 0 Å². The predicted octanol–water partition coefficient (Wildman–Crippen LogP) is 4.91. The van der Waals surface area contributed by atoms with Crippen LogP contribution in [-0.2, 0) is 0 Å². The molecule has 0 aliphatic heterocycles. The van der Waals surface area contributed by atoms with E-state index in [2.05, 4.69) is 11.9 Å². The Labute approximate surface area is 103 Å². The summed E-state index contributed by atoms with van der Waals surface area (Å²) >= 11 is 0. The first-order chi connectivity index (χ1) is 8.36. The summed E-state index contributed by atoms with van der Waals surface area (Å²) in [5.41, 5.74) is 0.553. The monoisotopic (exact) mass is 233 g/mol. The smallest absolute Gasteiger partial charge is 0.385 e. The molecule has 0 bridgehead atoms. The van der Waals surface area contributed by atoms with E-state index in [-0.39, 0.29) is 0 Å². The maximum atomic E-state index is 8.53. The third kappa shape index (κ3) is 5.91. The van der Waals surface area contributed by atoms with Crippen LogP contribution in [0.5, 0.6) is 5.75 Å². The van der Waals surface area contributed by atoms with E-state index in [1.165, 1.54) is 32.1 Å². The Morgan fingerprint density at radius 1 is 1.00 bits per heavy atom. The summed E-state index contributed by atoms with van der Waals surface area (Å²) in [5, 5.41) is 8.53. The van der Waals surface area contributed by atoms with Crippen LogP contribution in [0.2, 0.25) is 0 Å². The third-order valence-electron chi connectivity index (χ3n) is 2.72. The summed E-state index contributed by atoms with van der Waals surface area (Å²) in [6.07, 6.45) is 7.62. The van der Waals surface area contributed by atoms with Crippen molar-refractivity contribution in [1.82, 2.24) is 0 Å². The molecule has 0 atom stereocenters. The Morgan fingerprint density at radius 2 is 1.65 bits per heavy atom. The molecule has 0 radical (unpaired) electrons. The zero-order valence-corrected chi connectivity index (χ0v) is 10.6. The van der Waals surface area contributed by atoms with Gasteiger partial charge in [0.2, 0.25) is 5.39 Å². The standard InChI is InChI=1S/C14H21N2O/c1-2-3-4-5-6-7-12-17-14-10-8-13(16-15)9-11-14/h8-11H,2-7,12H2,1H3/q+1. The lowest BCUT2D eigenvalue weighted by Gasteiger charge is -2.04. The van der Waals surface area contributed by atoms with E-state index in [4.69, 9.17) is 10.1 Å². The number of hydrogen-bond acceptors (Lipinski definition) is 2. The zero-order valence-electron chi connectivity index (χ0n) is 10.6. The molecule has 0 saturated carbocycles. The summed E-state index contributed by atoms with van der Waals surface area (Å²) < 4.78 is 5.59. The molecule has 1 aromatic carbocycles. The van der Waals surface area contributed by atoms with Gasteiger partial charge in [-0.25, -0.2) is 0 Å². The predicted molar refractivity (Wildman–Crippen MR) is 70.1 cm³/mol. The number of diazo groups is 1. The van der Waals surface area contributed by atoms with Crippen LogP contribution in [0.3, 0.4) is 0 Å². The zero-order chi connectivity index (χ0) is 12.3. The summed E-state index contributed by atoms with van der Waals surface area (Å²) in [7, 11) is 0. The van der Waals surface area contributed by atoms with Gasteiger partial charge in [-0.05, 0) is 18.6 Å². The van der Waals surface area contributed by atoms with Crippen LogP contribution in [0.4, 0.5) is 5.69 Å². The molecule has 0 heterocycles. The first kappa shape index (κ1) is 13.5. The summed E-state index contributed by atoms with van der Waals surface area (Å²) in [6.45, 7) is 2.99. The average Bonchev–Trinajstić information content (AvgIpc) is 2.38. The van der Waals surface area contributed by atoms with Crippen molar-refractivity contribution in [3.05, 3.63) is 29.2 Å². The second-order valence-corrected chi connectivity index (χ2v) is 4.21. The SMILES string of the molecule is CCCCCCCCOc1ccc([N+]#N)cc1. The lowest BCUT2D eigenvalue weighted by Crippen LogP contribution is -1.96. The van der Waals surface area contributed by atoms with Gasteiger partial charge in [0.05, 0.1) is 6.61 Å². The van der Waals surface area contributed by atoms with Gasteiger partial charge in [-0.1, -0.05) is 39.0 Å². The molecule has 0 spiro atoms. The lowest BCUT2D eigenvalue weighted by atomic mass is 10.1. The van der Waals surface area contributed by atoms with Crippen molar-refractivity contribution in [3.63, 3.8) is 0 Å². The van der Waals surface area contributed by atoms with Gasteiger partial charge >= 0.3 is 5.69 Å². The molecule has 0 aliphatic rings. The highest BCUT2D eigenvalue weighted by Crippen LogP contribution is 2.18. The fraction of sp³-hybridized carbons (Fsp3) is 0.571. The van der Waals surface area contributed by atoms with Crippen molar-refractivity contribution in [3.8, 4) is 5.75 Å². The molecule has 1 aromatic rings. The molecule has 0 aliphatic carbocycles. The van der Waals surface area contributed by atoms with E-state index in [0.717, 1.165) is 18.8 Å². The number of nitrogens with zero attached hydrogens (tertiary/aromatic N) is 2. The second-order valence-electron chi connectivity index (χ2n) is 4.21. The highest BCUT2D eigenvalue weighted by atomic mass is 16.5. The van der Waals surface area contributed by atoms with Crippen LogP contribution >= 0.6 is 0 Å². The van der Waals surface area contributed by atoms with E-state index in [9.17, 15) is 0 Å². The number of ether oxygens (including phenoxy) is 1. The number of hydrogen-bond donors (Lipinski definition) is 0. The Kier molecular flexibility index (Phi) is 6.81. The first-order valence-corrected chi connectivity index (χ1v) is 6.44. The second kappa shape index (κ2) is 8.58. The van der Waals surface area contributed by atoms with Crippen molar-refractivity contribution in [2.45, 2.75) is 45.4 Å². The van der Waals surface area contributed by atoms with Crippen molar-refractivity contribution in [1.29, 1.82) is 5.39 Å². The van der Waals surface area contributed by atoms with E-state index in [1.54, 1.807) is 12.1 Å². The van der Waals surface area contributed by atoms with Crippen LogP contribution < -0.4 is 4.74 Å². The molecule has 0 saturated heterocycles. The maximum absolute atomic E-state index is 8.53. The molecule has 0 aromatic heterocycles. The summed E-state index contributed by atoms with van der Waals surface area (Å²) in [4.78, 5) is 3.09. The van der Waals surface area contributed by atoms with Gasteiger partial charge < -0.3 is 4.74 Å². The number of rotatable bonds is 8. The van der Waals surface area contributed by atoms with E-state index in [1.807, 2.05) is 12.1 Å². The third-order valence-corrected chi connectivity index (χ3v) is 2.72. The molecule has 17 heavy (non-hydrogen) atoms. The molecule has 92 valence electrons. The Hall–Kier alpha value is -1.56. The van der Waals surface area contributed by atoms with Crippen LogP contribution in [0.1, 0.15) is 45.4 Å². The number of benzene rings is 1. The van der Waals surface area contributed by atoms with Gasteiger partial charge in [0, 0.05) is 12.1 Å². The average molecular weight is 233 g/mol. The molecule has 3 heteroatoms. The highest BCUT2D eigenvalue weighted by Gasteiger charge is 2.02. The summed E-state index contributed by atoms with van der Waals surface area (Å²) in [5.74, 6) is 0.839. The quantitative estimate of drug-likeness (QED) is 0.472. The van der Waals surface area contributed by atoms with Gasteiger partial charge in [-0.2, -0.15) is 0 Å². The minimum atomic E-state index is 0.553. The van der Waals surface area contributed by atoms with Gasteiger partial charge in [-0.3, -0.25) is 0 Å². The first-order valence-electron chi connectivity index (χ1n) is 6.44. The maximum Gasteiger partial charge on any atom is 0.385 e. The minimum Gasteiger partial charge on any atom is -0.494 e. The molecule has 1 rings (SSSR count). The minimum absolute atomic E-state index is 0.553. The van der Waals surface area contributed by atoms with E-state index in [0.29, 0.717) is 5.69 Å². The van der Waals surface area contributed by atoms with Crippen LogP contribution in [-0.4, -0.2) is 6.61 Å². The van der Waals surface area contributed by atoms with Crippen LogP contribution in [0.15, 0.2) is 24.3 Å². The molecule has 0 N–H and O–H groups in total. The topological polar surface area (TPSA) is 37.4 Å². The molecule has 0 amide bonds. The number of unbranched alkanes of at least 4 members (excludes halogenated alkanes) is 5. The normalized spacial score (nSPS) is 9.88. The fourth-order valence-electron chi connectivity index (χ4n) is 1.68. The Morgan fingerprint density at radius 3 is 2.29 bits per heavy atom. The Balaban J connectivity index is 2.08. The van der Waals surface area contributed by atoms with Gasteiger partial charge in [0.25, 0.3) is 0 Å². The molecular weight excluding hydrogens is 212 g/mol.